The molecule has 0 bridgehead atoms. The van der Waals surface area contributed by atoms with Gasteiger partial charge in [-0.25, -0.2) is 9.78 Å². The first-order valence-corrected chi connectivity index (χ1v) is 5.91. The highest BCUT2D eigenvalue weighted by molar-refractivity contribution is 7.19. The SMILES string of the molecule is CCc1ccc(-c2nc(C(=O)OC)c(N)s2)o1. The molecule has 0 fully saturated rings. The highest BCUT2D eigenvalue weighted by atomic mass is 32.1. The summed E-state index contributed by atoms with van der Waals surface area (Å²) in [5, 5.41) is 0.920. The molecule has 0 saturated carbocycles. The van der Waals surface area contributed by atoms with Gasteiger partial charge in [0.15, 0.2) is 16.5 Å². The van der Waals surface area contributed by atoms with Crippen LogP contribution in [0.25, 0.3) is 10.8 Å². The van der Waals surface area contributed by atoms with Gasteiger partial charge >= 0.3 is 5.97 Å². The monoisotopic (exact) mass is 252 g/mol. The Hall–Kier alpha value is -1.82. The summed E-state index contributed by atoms with van der Waals surface area (Å²) in [7, 11) is 1.29. The first-order valence-electron chi connectivity index (χ1n) is 5.09. The fraction of sp³-hybridized carbons (Fsp3) is 0.273. The summed E-state index contributed by atoms with van der Waals surface area (Å²) in [4.78, 5) is 15.5. The molecule has 0 radical (unpaired) electrons. The number of aromatic nitrogens is 1. The molecule has 6 heteroatoms. The van der Waals surface area contributed by atoms with Crippen molar-refractivity contribution in [3.05, 3.63) is 23.6 Å². The van der Waals surface area contributed by atoms with Crippen molar-refractivity contribution in [3.8, 4) is 10.8 Å². The molecule has 0 aliphatic carbocycles. The lowest BCUT2D eigenvalue weighted by Crippen LogP contribution is -2.04. The third-order valence-electron chi connectivity index (χ3n) is 2.25. The average Bonchev–Trinajstić information content (AvgIpc) is 2.94. The molecule has 0 unspecified atom stereocenters. The van der Waals surface area contributed by atoms with Gasteiger partial charge in [0.1, 0.15) is 10.8 Å². The van der Waals surface area contributed by atoms with Gasteiger partial charge in [0, 0.05) is 6.42 Å². The molecule has 0 atom stereocenters. The maximum Gasteiger partial charge on any atom is 0.359 e. The molecule has 2 heterocycles. The number of thiazole rings is 1. The summed E-state index contributed by atoms with van der Waals surface area (Å²) in [5.41, 5.74) is 5.85. The Kier molecular flexibility index (Phi) is 3.14. The van der Waals surface area contributed by atoms with E-state index in [9.17, 15) is 4.79 Å². The predicted octanol–water partition coefficient (Wildman–Crippen LogP) is 2.33. The minimum absolute atomic E-state index is 0.141. The van der Waals surface area contributed by atoms with E-state index in [1.165, 1.54) is 18.4 Å². The standard InChI is InChI=1S/C11H12N2O3S/c1-3-6-4-5-7(16-6)10-13-8(9(12)17-10)11(14)15-2/h4-5H,3,12H2,1-2H3. The fourth-order valence-electron chi connectivity index (χ4n) is 1.36. The van der Waals surface area contributed by atoms with E-state index in [-0.39, 0.29) is 5.69 Å². The Balaban J connectivity index is 2.37. The van der Waals surface area contributed by atoms with Crippen molar-refractivity contribution in [1.82, 2.24) is 4.98 Å². The number of anilines is 1. The predicted molar refractivity (Wildman–Crippen MR) is 64.9 cm³/mol. The Morgan fingerprint density at radius 3 is 2.94 bits per heavy atom. The molecule has 0 aliphatic rings. The first-order chi connectivity index (χ1) is 8.15. The van der Waals surface area contributed by atoms with E-state index >= 15 is 0 Å². The van der Waals surface area contributed by atoms with Gasteiger partial charge in [0.2, 0.25) is 0 Å². The van der Waals surface area contributed by atoms with E-state index in [0.29, 0.717) is 15.8 Å². The van der Waals surface area contributed by atoms with Crippen LogP contribution >= 0.6 is 11.3 Å². The van der Waals surface area contributed by atoms with Gasteiger partial charge < -0.3 is 14.9 Å². The summed E-state index contributed by atoms with van der Waals surface area (Å²) < 4.78 is 10.1. The molecule has 0 aliphatic heterocycles. The molecule has 2 rings (SSSR count). The van der Waals surface area contributed by atoms with E-state index in [1.807, 2.05) is 19.1 Å². The molecule has 2 N–H and O–H groups in total. The molecule has 0 aromatic carbocycles. The van der Waals surface area contributed by atoms with Gasteiger partial charge in [-0.3, -0.25) is 0 Å². The van der Waals surface area contributed by atoms with E-state index in [2.05, 4.69) is 9.72 Å². The molecule has 2 aromatic heterocycles. The molecule has 90 valence electrons. The summed E-state index contributed by atoms with van der Waals surface area (Å²) in [6, 6.07) is 3.70. The van der Waals surface area contributed by atoms with Crippen molar-refractivity contribution in [2.45, 2.75) is 13.3 Å². The average molecular weight is 252 g/mol. The number of nitrogens with two attached hydrogens (primary N) is 1. The topological polar surface area (TPSA) is 78.3 Å². The van der Waals surface area contributed by atoms with Crippen LogP contribution in [0.15, 0.2) is 16.5 Å². The number of nitrogens with zero attached hydrogens (tertiary/aromatic N) is 1. The Morgan fingerprint density at radius 2 is 2.35 bits per heavy atom. The normalized spacial score (nSPS) is 10.5. The number of ether oxygens (including phenoxy) is 1. The zero-order valence-corrected chi connectivity index (χ0v) is 10.3. The van der Waals surface area contributed by atoms with Gasteiger partial charge in [-0.1, -0.05) is 18.3 Å². The van der Waals surface area contributed by atoms with Gasteiger partial charge in [-0.05, 0) is 12.1 Å². The molecular formula is C11H12N2O3S. The van der Waals surface area contributed by atoms with Crippen molar-refractivity contribution in [2.24, 2.45) is 0 Å². The third kappa shape index (κ3) is 2.16. The number of hydrogen-bond acceptors (Lipinski definition) is 6. The smallest absolute Gasteiger partial charge is 0.359 e. The maximum absolute atomic E-state index is 11.4. The summed E-state index contributed by atoms with van der Waals surface area (Å²) >= 11 is 1.21. The molecule has 2 aromatic rings. The number of furan rings is 1. The van der Waals surface area contributed by atoms with Crippen LogP contribution in [0.5, 0.6) is 0 Å². The van der Waals surface area contributed by atoms with Crippen LogP contribution in [0, 0.1) is 0 Å². The summed E-state index contributed by atoms with van der Waals surface area (Å²) in [6.45, 7) is 2.00. The zero-order chi connectivity index (χ0) is 12.4. The number of methoxy groups -OCH3 is 1. The van der Waals surface area contributed by atoms with Crippen molar-refractivity contribution in [2.75, 3.05) is 12.8 Å². The largest absolute Gasteiger partial charge is 0.464 e. The van der Waals surface area contributed by atoms with Crippen LogP contribution in [0.1, 0.15) is 23.2 Å². The fourth-order valence-corrected chi connectivity index (χ4v) is 2.14. The second-order valence-corrected chi connectivity index (χ2v) is 4.37. The minimum atomic E-state index is -0.535. The van der Waals surface area contributed by atoms with Crippen LogP contribution in [-0.2, 0) is 11.2 Å². The molecular weight excluding hydrogens is 240 g/mol. The molecule has 0 amide bonds. The first kappa shape index (κ1) is 11.7. The van der Waals surface area contributed by atoms with Crippen LogP contribution in [0.2, 0.25) is 0 Å². The number of nitrogen functional groups attached to an aromatic ring is 1. The van der Waals surface area contributed by atoms with Gasteiger partial charge in [0.25, 0.3) is 0 Å². The number of esters is 1. The zero-order valence-electron chi connectivity index (χ0n) is 9.52. The van der Waals surface area contributed by atoms with E-state index in [4.69, 9.17) is 10.2 Å². The molecule has 5 nitrogen and oxygen atoms in total. The van der Waals surface area contributed by atoms with Crippen molar-refractivity contribution < 1.29 is 13.9 Å². The third-order valence-corrected chi connectivity index (χ3v) is 3.15. The summed E-state index contributed by atoms with van der Waals surface area (Å²) in [6.07, 6.45) is 0.810. The van der Waals surface area contributed by atoms with E-state index in [1.54, 1.807) is 0 Å². The highest BCUT2D eigenvalue weighted by Gasteiger charge is 2.19. The Bertz CT molecular complexity index is 545. The number of hydrogen-bond donors (Lipinski definition) is 1. The Morgan fingerprint density at radius 1 is 1.59 bits per heavy atom. The highest BCUT2D eigenvalue weighted by Crippen LogP contribution is 2.31. The van der Waals surface area contributed by atoms with Crippen LogP contribution in [0.4, 0.5) is 5.00 Å². The van der Waals surface area contributed by atoms with Gasteiger partial charge in [-0.2, -0.15) is 0 Å². The van der Waals surface area contributed by atoms with Crippen LogP contribution in [-0.4, -0.2) is 18.1 Å². The number of carbonyl (C=O) groups excluding carboxylic acids is 1. The summed E-state index contributed by atoms with van der Waals surface area (Å²) in [5.74, 6) is 0.953. The lowest BCUT2D eigenvalue weighted by Gasteiger charge is -1.93. The molecule has 17 heavy (non-hydrogen) atoms. The van der Waals surface area contributed by atoms with E-state index in [0.717, 1.165) is 12.2 Å². The quantitative estimate of drug-likeness (QED) is 0.848. The number of rotatable bonds is 3. The van der Waals surface area contributed by atoms with E-state index < -0.39 is 5.97 Å². The van der Waals surface area contributed by atoms with Crippen molar-refractivity contribution >= 4 is 22.3 Å². The van der Waals surface area contributed by atoms with Gasteiger partial charge in [0.05, 0.1) is 7.11 Å². The van der Waals surface area contributed by atoms with Crippen LogP contribution < -0.4 is 5.73 Å². The lowest BCUT2D eigenvalue weighted by atomic mass is 10.3. The molecule has 0 saturated heterocycles. The number of carbonyl (C=O) groups is 1. The number of aryl methyl sites for hydroxylation is 1. The van der Waals surface area contributed by atoms with Crippen molar-refractivity contribution in [3.63, 3.8) is 0 Å². The van der Waals surface area contributed by atoms with Crippen molar-refractivity contribution in [1.29, 1.82) is 0 Å². The lowest BCUT2D eigenvalue weighted by molar-refractivity contribution is 0.0596. The Labute approximate surface area is 102 Å². The molecule has 0 spiro atoms. The maximum atomic E-state index is 11.4. The second kappa shape index (κ2) is 4.58. The van der Waals surface area contributed by atoms with Crippen LogP contribution in [0.3, 0.4) is 0 Å². The second-order valence-electron chi connectivity index (χ2n) is 3.34. The van der Waals surface area contributed by atoms with Gasteiger partial charge in [-0.15, -0.1) is 0 Å². The minimum Gasteiger partial charge on any atom is -0.464 e.